The number of rotatable bonds is 1. The average molecular weight is 210 g/mol. The van der Waals surface area contributed by atoms with E-state index in [0.29, 0.717) is 10.6 Å². The van der Waals surface area contributed by atoms with E-state index >= 15 is 0 Å². The van der Waals surface area contributed by atoms with E-state index in [1.807, 2.05) is 12.1 Å². The largest absolute Gasteiger partial charge is 0.385 e. The summed E-state index contributed by atoms with van der Waals surface area (Å²) in [7, 11) is 0. The number of anilines is 1. The number of hydrogen-bond acceptors (Lipinski definition) is 2. The summed E-state index contributed by atoms with van der Waals surface area (Å²) in [5.74, 6) is 0.0309. The van der Waals surface area contributed by atoms with E-state index in [1.54, 1.807) is 6.92 Å². The van der Waals surface area contributed by atoms with Gasteiger partial charge < -0.3 is 5.32 Å². The van der Waals surface area contributed by atoms with Gasteiger partial charge in [0.05, 0.1) is 5.02 Å². The second kappa shape index (κ2) is 3.62. The van der Waals surface area contributed by atoms with Crippen LogP contribution in [0.15, 0.2) is 12.1 Å². The molecule has 0 saturated carbocycles. The lowest BCUT2D eigenvalue weighted by Gasteiger charge is -2.19. The van der Waals surface area contributed by atoms with Crippen molar-refractivity contribution in [2.24, 2.45) is 0 Å². The van der Waals surface area contributed by atoms with E-state index < -0.39 is 0 Å². The molecule has 2 rings (SSSR count). The second-order valence-electron chi connectivity index (χ2n) is 3.58. The molecular formula is C11H12ClNO. The van der Waals surface area contributed by atoms with Gasteiger partial charge in [-0.1, -0.05) is 11.6 Å². The van der Waals surface area contributed by atoms with Crippen molar-refractivity contribution in [2.45, 2.75) is 19.8 Å². The molecule has 3 heteroatoms. The van der Waals surface area contributed by atoms with Crippen LogP contribution >= 0.6 is 11.6 Å². The van der Waals surface area contributed by atoms with E-state index in [0.717, 1.165) is 25.1 Å². The molecule has 0 bridgehead atoms. The molecule has 0 unspecified atom stereocenters. The number of halogens is 1. The van der Waals surface area contributed by atoms with Crippen LogP contribution in [0.5, 0.6) is 0 Å². The van der Waals surface area contributed by atoms with Gasteiger partial charge in [0, 0.05) is 17.8 Å². The highest BCUT2D eigenvalue weighted by Gasteiger charge is 2.13. The maximum atomic E-state index is 11.2. The summed E-state index contributed by atoms with van der Waals surface area (Å²) in [6.07, 6.45) is 2.14. The third kappa shape index (κ3) is 1.62. The van der Waals surface area contributed by atoms with Crippen LogP contribution in [-0.2, 0) is 6.42 Å². The van der Waals surface area contributed by atoms with Crippen LogP contribution in [0.3, 0.4) is 0 Å². The minimum atomic E-state index is 0.0309. The van der Waals surface area contributed by atoms with Gasteiger partial charge in [-0.05, 0) is 37.5 Å². The van der Waals surface area contributed by atoms with Crippen molar-refractivity contribution >= 4 is 23.1 Å². The van der Waals surface area contributed by atoms with Crippen LogP contribution in [0.1, 0.15) is 29.3 Å². The highest BCUT2D eigenvalue weighted by atomic mass is 35.5. The Bertz CT molecular complexity index is 387. The monoisotopic (exact) mass is 209 g/mol. The minimum absolute atomic E-state index is 0.0309. The fraction of sp³-hybridized carbons (Fsp3) is 0.364. The molecule has 0 radical (unpaired) electrons. The number of carbonyl (C=O) groups excluding carboxylic acids is 1. The van der Waals surface area contributed by atoms with Gasteiger partial charge in [0.15, 0.2) is 5.78 Å². The lowest BCUT2D eigenvalue weighted by atomic mass is 9.99. The van der Waals surface area contributed by atoms with Crippen LogP contribution < -0.4 is 5.32 Å². The predicted molar refractivity (Wildman–Crippen MR) is 58.3 cm³/mol. The molecule has 0 saturated heterocycles. The molecule has 2 nitrogen and oxygen atoms in total. The Hall–Kier alpha value is -1.02. The molecule has 1 heterocycles. The zero-order valence-electron chi connectivity index (χ0n) is 8.06. The van der Waals surface area contributed by atoms with Crippen molar-refractivity contribution in [3.8, 4) is 0 Å². The van der Waals surface area contributed by atoms with Gasteiger partial charge in [0.1, 0.15) is 0 Å². The summed E-state index contributed by atoms with van der Waals surface area (Å²) in [6.45, 7) is 2.53. The average Bonchev–Trinajstić information content (AvgIpc) is 2.16. The van der Waals surface area contributed by atoms with E-state index in [1.165, 1.54) is 5.56 Å². The Morgan fingerprint density at radius 3 is 3.00 bits per heavy atom. The SMILES string of the molecule is CC(=O)c1cc2c(cc1Cl)NCCC2. The first-order valence-electron chi connectivity index (χ1n) is 4.75. The van der Waals surface area contributed by atoms with Crippen molar-refractivity contribution in [1.29, 1.82) is 0 Å². The Balaban J connectivity index is 2.50. The van der Waals surface area contributed by atoms with Gasteiger partial charge in [-0.3, -0.25) is 4.79 Å². The zero-order chi connectivity index (χ0) is 10.1. The number of nitrogens with one attached hydrogen (secondary N) is 1. The number of aryl methyl sites for hydroxylation is 1. The van der Waals surface area contributed by atoms with Crippen LogP contribution in [-0.4, -0.2) is 12.3 Å². The summed E-state index contributed by atoms with van der Waals surface area (Å²) in [4.78, 5) is 11.2. The van der Waals surface area contributed by atoms with Gasteiger partial charge in [-0.15, -0.1) is 0 Å². The third-order valence-electron chi connectivity index (χ3n) is 2.51. The van der Waals surface area contributed by atoms with Crippen molar-refractivity contribution in [2.75, 3.05) is 11.9 Å². The fourth-order valence-corrected chi connectivity index (χ4v) is 2.06. The molecule has 1 N–H and O–H groups in total. The standard InChI is InChI=1S/C11H12ClNO/c1-7(14)9-5-8-3-2-4-13-11(8)6-10(9)12/h5-6,13H,2-4H2,1H3. The van der Waals surface area contributed by atoms with E-state index in [9.17, 15) is 4.79 Å². The highest BCUT2D eigenvalue weighted by Crippen LogP contribution is 2.28. The van der Waals surface area contributed by atoms with Crippen molar-refractivity contribution in [3.63, 3.8) is 0 Å². The summed E-state index contributed by atoms with van der Waals surface area (Å²) in [6, 6.07) is 3.76. The molecule has 1 aliphatic rings. The lowest BCUT2D eigenvalue weighted by Crippen LogP contribution is -2.12. The number of ketones is 1. The van der Waals surface area contributed by atoms with Gasteiger partial charge in [0.25, 0.3) is 0 Å². The van der Waals surface area contributed by atoms with E-state index in [4.69, 9.17) is 11.6 Å². The molecule has 1 aliphatic heterocycles. The number of carbonyl (C=O) groups is 1. The molecule has 0 atom stereocenters. The summed E-state index contributed by atoms with van der Waals surface area (Å²) in [5, 5.41) is 3.82. The van der Waals surface area contributed by atoms with Crippen molar-refractivity contribution < 1.29 is 4.79 Å². The number of fused-ring (bicyclic) bond motifs is 1. The smallest absolute Gasteiger partial charge is 0.161 e. The Labute approximate surface area is 88.3 Å². The zero-order valence-corrected chi connectivity index (χ0v) is 8.82. The van der Waals surface area contributed by atoms with Crippen molar-refractivity contribution in [3.05, 3.63) is 28.3 Å². The normalized spacial score (nSPS) is 14.4. The van der Waals surface area contributed by atoms with Gasteiger partial charge in [-0.25, -0.2) is 0 Å². The number of benzene rings is 1. The molecule has 0 fully saturated rings. The maximum absolute atomic E-state index is 11.2. The summed E-state index contributed by atoms with van der Waals surface area (Å²) >= 11 is 6.00. The number of Topliss-reactive ketones (excluding diaryl/α,β-unsaturated/α-hetero) is 1. The Kier molecular flexibility index (Phi) is 2.46. The fourth-order valence-electron chi connectivity index (χ4n) is 1.76. The molecule has 0 spiro atoms. The van der Waals surface area contributed by atoms with Gasteiger partial charge >= 0.3 is 0 Å². The van der Waals surface area contributed by atoms with E-state index in [-0.39, 0.29) is 5.78 Å². The van der Waals surface area contributed by atoms with Crippen LogP contribution in [0.25, 0.3) is 0 Å². The molecule has 0 aliphatic carbocycles. The van der Waals surface area contributed by atoms with Gasteiger partial charge in [-0.2, -0.15) is 0 Å². The second-order valence-corrected chi connectivity index (χ2v) is 3.98. The van der Waals surface area contributed by atoms with E-state index in [2.05, 4.69) is 5.32 Å². The third-order valence-corrected chi connectivity index (χ3v) is 2.82. The summed E-state index contributed by atoms with van der Waals surface area (Å²) in [5.41, 5.74) is 2.91. The predicted octanol–water partition coefficient (Wildman–Crippen LogP) is 2.90. The van der Waals surface area contributed by atoms with Gasteiger partial charge in [0.2, 0.25) is 0 Å². The molecular weight excluding hydrogens is 198 g/mol. The minimum Gasteiger partial charge on any atom is -0.385 e. The molecule has 0 amide bonds. The Morgan fingerprint density at radius 1 is 1.50 bits per heavy atom. The topological polar surface area (TPSA) is 29.1 Å². The first-order chi connectivity index (χ1) is 6.68. The summed E-state index contributed by atoms with van der Waals surface area (Å²) < 4.78 is 0. The van der Waals surface area contributed by atoms with Crippen molar-refractivity contribution in [1.82, 2.24) is 0 Å². The Morgan fingerprint density at radius 2 is 2.29 bits per heavy atom. The highest BCUT2D eigenvalue weighted by molar-refractivity contribution is 6.34. The molecule has 1 aromatic carbocycles. The quantitative estimate of drug-likeness (QED) is 0.721. The van der Waals surface area contributed by atoms with Crippen LogP contribution in [0, 0.1) is 0 Å². The molecule has 14 heavy (non-hydrogen) atoms. The number of hydrogen-bond donors (Lipinski definition) is 1. The van der Waals surface area contributed by atoms with Crippen LogP contribution in [0.2, 0.25) is 5.02 Å². The molecule has 74 valence electrons. The lowest BCUT2D eigenvalue weighted by molar-refractivity contribution is 0.101. The first kappa shape index (κ1) is 9.53. The molecule has 0 aromatic heterocycles. The first-order valence-corrected chi connectivity index (χ1v) is 5.13. The molecule has 1 aromatic rings. The van der Waals surface area contributed by atoms with Crippen LogP contribution in [0.4, 0.5) is 5.69 Å². The maximum Gasteiger partial charge on any atom is 0.161 e.